The third-order valence-electron chi connectivity index (χ3n) is 1.41. The maximum Gasteiger partial charge on any atom is 0.265 e. The molecule has 0 saturated heterocycles. The van der Waals surface area contributed by atoms with Crippen molar-refractivity contribution in [1.82, 2.24) is 5.32 Å². The summed E-state index contributed by atoms with van der Waals surface area (Å²) in [5.74, 6) is -0.199. The van der Waals surface area contributed by atoms with E-state index in [1.807, 2.05) is 6.92 Å². The predicted octanol–water partition coefficient (Wildman–Crippen LogP) is 0.510. The van der Waals surface area contributed by atoms with Gasteiger partial charge in [-0.15, -0.1) is 0 Å². The molecule has 4 nitrogen and oxygen atoms in total. The molecule has 0 aliphatic carbocycles. The molecule has 12 heavy (non-hydrogen) atoms. The van der Waals surface area contributed by atoms with Gasteiger partial charge in [-0.3, -0.25) is 4.55 Å². The first-order valence-corrected chi connectivity index (χ1v) is 5.72. The van der Waals surface area contributed by atoms with E-state index in [1.165, 1.54) is 0 Å². The SMILES string of the molecule is CCCNC[C@H](C)CS(=O)(=O)O. The lowest BCUT2D eigenvalue weighted by Gasteiger charge is -2.09. The van der Waals surface area contributed by atoms with Crippen LogP contribution in [0.3, 0.4) is 0 Å². The van der Waals surface area contributed by atoms with Gasteiger partial charge in [0.1, 0.15) is 0 Å². The molecule has 0 aromatic rings. The summed E-state index contributed by atoms with van der Waals surface area (Å²) >= 11 is 0. The van der Waals surface area contributed by atoms with Crippen LogP contribution < -0.4 is 5.32 Å². The Bertz CT molecular complexity index is 201. The van der Waals surface area contributed by atoms with Gasteiger partial charge in [-0.25, -0.2) is 0 Å². The molecule has 0 aliphatic heterocycles. The van der Waals surface area contributed by atoms with Crippen molar-refractivity contribution < 1.29 is 13.0 Å². The van der Waals surface area contributed by atoms with Crippen LogP contribution in [-0.4, -0.2) is 31.8 Å². The maximum atomic E-state index is 10.4. The zero-order valence-corrected chi connectivity index (χ0v) is 8.39. The summed E-state index contributed by atoms with van der Waals surface area (Å²) in [4.78, 5) is 0. The smallest absolute Gasteiger partial charge is 0.265 e. The Hall–Kier alpha value is -0.130. The van der Waals surface area contributed by atoms with Crippen LogP contribution in [0.15, 0.2) is 0 Å². The minimum absolute atomic E-state index is 0.0356. The highest BCUT2D eigenvalue weighted by Gasteiger charge is 2.11. The molecule has 1 atom stereocenters. The van der Waals surface area contributed by atoms with Gasteiger partial charge in [-0.05, 0) is 25.4 Å². The average molecular weight is 195 g/mol. The Labute approximate surface area is 74.1 Å². The Morgan fingerprint density at radius 3 is 2.50 bits per heavy atom. The van der Waals surface area contributed by atoms with Gasteiger partial charge in [0.2, 0.25) is 0 Å². The third kappa shape index (κ3) is 7.97. The second-order valence-electron chi connectivity index (χ2n) is 3.06. The molecule has 0 heterocycles. The molecule has 0 rings (SSSR count). The largest absolute Gasteiger partial charge is 0.316 e. The van der Waals surface area contributed by atoms with Crippen LogP contribution in [0.1, 0.15) is 20.3 Å². The normalized spacial score (nSPS) is 14.6. The van der Waals surface area contributed by atoms with Crippen LogP contribution in [0.4, 0.5) is 0 Å². The van der Waals surface area contributed by atoms with E-state index >= 15 is 0 Å². The summed E-state index contributed by atoms with van der Waals surface area (Å²) in [5, 5.41) is 3.08. The highest BCUT2D eigenvalue weighted by atomic mass is 32.2. The van der Waals surface area contributed by atoms with Crippen molar-refractivity contribution in [1.29, 1.82) is 0 Å². The molecular formula is C7H17NO3S. The number of hydrogen-bond donors (Lipinski definition) is 2. The van der Waals surface area contributed by atoms with Crippen molar-refractivity contribution in [2.24, 2.45) is 5.92 Å². The van der Waals surface area contributed by atoms with E-state index in [1.54, 1.807) is 6.92 Å². The summed E-state index contributed by atoms with van der Waals surface area (Å²) < 4.78 is 29.3. The van der Waals surface area contributed by atoms with Crippen molar-refractivity contribution in [2.45, 2.75) is 20.3 Å². The zero-order valence-electron chi connectivity index (χ0n) is 7.58. The molecular weight excluding hydrogens is 178 g/mol. The average Bonchev–Trinajstić information content (AvgIpc) is 1.84. The minimum Gasteiger partial charge on any atom is -0.316 e. The fourth-order valence-electron chi connectivity index (χ4n) is 0.944. The van der Waals surface area contributed by atoms with E-state index in [0.29, 0.717) is 6.54 Å². The van der Waals surface area contributed by atoms with E-state index in [2.05, 4.69) is 5.32 Å². The monoisotopic (exact) mass is 195 g/mol. The topological polar surface area (TPSA) is 66.4 Å². The molecule has 0 aliphatic rings. The fraction of sp³-hybridized carbons (Fsp3) is 1.00. The summed E-state index contributed by atoms with van der Waals surface area (Å²) in [6, 6.07) is 0. The first-order valence-electron chi connectivity index (χ1n) is 4.11. The molecule has 2 N–H and O–H groups in total. The van der Waals surface area contributed by atoms with Gasteiger partial charge >= 0.3 is 0 Å². The molecule has 0 aromatic heterocycles. The van der Waals surface area contributed by atoms with Crippen molar-refractivity contribution >= 4 is 10.1 Å². The van der Waals surface area contributed by atoms with Crippen molar-refractivity contribution in [3.8, 4) is 0 Å². The maximum absolute atomic E-state index is 10.4. The number of nitrogens with one attached hydrogen (secondary N) is 1. The lowest BCUT2D eigenvalue weighted by Crippen LogP contribution is -2.26. The quantitative estimate of drug-likeness (QED) is 0.479. The Morgan fingerprint density at radius 1 is 1.50 bits per heavy atom. The highest BCUT2D eigenvalue weighted by molar-refractivity contribution is 7.85. The van der Waals surface area contributed by atoms with Crippen LogP contribution >= 0.6 is 0 Å². The standard InChI is InChI=1S/C7H17NO3S/c1-3-4-8-5-7(2)6-12(9,10)11/h7-8H,3-6H2,1-2H3,(H,9,10,11)/t7-/m0/s1. The van der Waals surface area contributed by atoms with Gasteiger partial charge in [0, 0.05) is 0 Å². The molecule has 0 spiro atoms. The molecule has 5 heteroatoms. The molecule has 0 aromatic carbocycles. The third-order valence-corrected chi connectivity index (χ3v) is 2.40. The molecule has 0 saturated carbocycles. The lowest BCUT2D eigenvalue weighted by molar-refractivity contribution is 0.462. The van der Waals surface area contributed by atoms with Crippen LogP contribution in [0.2, 0.25) is 0 Å². The van der Waals surface area contributed by atoms with Gasteiger partial charge in [0.25, 0.3) is 10.1 Å². The van der Waals surface area contributed by atoms with E-state index in [0.717, 1.165) is 13.0 Å². The Kier molecular flexibility index (Phi) is 5.44. The van der Waals surface area contributed by atoms with Crippen molar-refractivity contribution in [3.05, 3.63) is 0 Å². The molecule has 0 unspecified atom stereocenters. The molecule has 74 valence electrons. The summed E-state index contributed by atoms with van der Waals surface area (Å²) in [5.41, 5.74) is 0. The van der Waals surface area contributed by atoms with Gasteiger partial charge in [0.15, 0.2) is 0 Å². The summed E-state index contributed by atoms with van der Waals surface area (Å²) in [7, 11) is -3.80. The van der Waals surface area contributed by atoms with Crippen LogP contribution in [-0.2, 0) is 10.1 Å². The van der Waals surface area contributed by atoms with Gasteiger partial charge in [-0.2, -0.15) is 8.42 Å². The van der Waals surface area contributed by atoms with Gasteiger partial charge in [0.05, 0.1) is 5.75 Å². The van der Waals surface area contributed by atoms with Crippen LogP contribution in [0, 0.1) is 5.92 Å². The Balaban J connectivity index is 3.53. The lowest BCUT2D eigenvalue weighted by atomic mass is 10.2. The van der Waals surface area contributed by atoms with Crippen LogP contribution in [0.25, 0.3) is 0 Å². The minimum atomic E-state index is -3.80. The van der Waals surface area contributed by atoms with E-state index in [4.69, 9.17) is 4.55 Å². The van der Waals surface area contributed by atoms with Gasteiger partial charge < -0.3 is 5.32 Å². The highest BCUT2D eigenvalue weighted by Crippen LogP contribution is 1.97. The van der Waals surface area contributed by atoms with Crippen molar-refractivity contribution in [2.75, 3.05) is 18.8 Å². The zero-order chi connectivity index (χ0) is 9.61. The van der Waals surface area contributed by atoms with Crippen LogP contribution in [0.5, 0.6) is 0 Å². The molecule has 0 bridgehead atoms. The van der Waals surface area contributed by atoms with E-state index < -0.39 is 10.1 Å². The number of hydrogen-bond acceptors (Lipinski definition) is 3. The second kappa shape index (κ2) is 5.50. The Morgan fingerprint density at radius 2 is 2.08 bits per heavy atom. The molecule has 0 amide bonds. The first-order chi connectivity index (χ1) is 5.45. The van der Waals surface area contributed by atoms with Crippen molar-refractivity contribution in [3.63, 3.8) is 0 Å². The summed E-state index contributed by atoms with van der Waals surface area (Å²) in [6.07, 6.45) is 1.03. The predicted molar refractivity (Wildman–Crippen MR) is 48.7 cm³/mol. The number of rotatable bonds is 6. The molecule has 0 fully saturated rings. The molecule has 0 radical (unpaired) electrons. The van der Waals surface area contributed by atoms with E-state index in [9.17, 15) is 8.42 Å². The van der Waals surface area contributed by atoms with Gasteiger partial charge in [-0.1, -0.05) is 13.8 Å². The first kappa shape index (κ1) is 11.9. The second-order valence-corrected chi connectivity index (χ2v) is 4.56. The summed E-state index contributed by atoms with van der Waals surface area (Å²) in [6.45, 7) is 5.35. The fourth-order valence-corrected chi connectivity index (χ4v) is 1.78. The van der Waals surface area contributed by atoms with E-state index in [-0.39, 0.29) is 11.7 Å².